The number of fused-ring (bicyclic) bond motifs is 1. The molecule has 0 spiro atoms. The summed E-state index contributed by atoms with van der Waals surface area (Å²) in [7, 11) is 2.94. The quantitative estimate of drug-likeness (QED) is 0.753. The first-order chi connectivity index (χ1) is 7.08. The fraction of sp³-hybridized carbons (Fsp3) is 0.455. The highest BCUT2D eigenvalue weighted by atomic mass is 19.3. The summed E-state index contributed by atoms with van der Waals surface area (Å²) >= 11 is 0. The molecule has 2 nitrogen and oxygen atoms in total. The van der Waals surface area contributed by atoms with E-state index in [2.05, 4.69) is 0 Å². The molecule has 82 valence electrons. The number of benzene rings is 1. The summed E-state index contributed by atoms with van der Waals surface area (Å²) in [6, 6.07) is 3.01. The molecule has 0 radical (unpaired) electrons. The Kier molecular flexibility index (Phi) is 2.29. The molecule has 0 fully saturated rings. The summed E-state index contributed by atoms with van der Waals surface area (Å²) in [5.41, 5.74) is 0.720. The Morgan fingerprint density at radius 2 is 1.73 bits per heavy atom. The number of hydrogen-bond acceptors (Lipinski definition) is 2. The van der Waals surface area contributed by atoms with Gasteiger partial charge in [0.25, 0.3) is 5.92 Å². The number of rotatable bonds is 2. The standard InChI is InChI=1S/C11H12F2O2/c1-14-9-5-7-3-4-11(12,13)8(7)6-10(9)15-2/h5-6H,3-4H2,1-2H3. The van der Waals surface area contributed by atoms with Gasteiger partial charge in [-0.1, -0.05) is 0 Å². The molecule has 1 aliphatic carbocycles. The summed E-state index contributed by atoms with van der Waals surface area (Å²) in [4.78, 5) is 0. The zero-order valence-corrected chi connectivity index (χ0v) is 8.64. The van der Waals surface area contributed by atoms with Crippen molar-refractivity contribution in [2.45, 2.75) is 18.8 Å². The summed E-state index contributed by atoms with van der Waals surface area (Å²) < 4.78 is 36.8. The van der Waals surface area contributed by atoms with Gasteiger partial charge < -0.3 is 9.47 Å². The summed E-state index contributed by atoms with van der Waals surface area (Å²) in [5.74, 6) is -1.86. The highest BCUT2D eigenvalue weighted by Crippen LogP contribution is 2.45. The van der Waals surface area contributed by atoms with Gasteiger partial charge in [-0.05, 0) is 24.1 Å². The molecule has 1 aromatic rings. The molecule has 4 heteroatoms. The van der Waals surface area contributed by atoms with Gasteiger partial charge >= 0.3 is 0 Å². The van der Waals surface area contributed by atoms with Crippen LogP contribution in [-0.4, -0.2) is 14.2 Å². The van der Waals surface area contributed by atoms with E-state index in [1.54, 1.807) is 6.07 Å². The van der Waals surface area contributed by atoms with Gasteiger partial charge in [0.2, 0.25) is 0 Å². The average Bonchev–Trinajstić information content (AvgIpc) is 2.52. The molecule has 0 aliphatic heterocycles. The first-order valence-electron chi connectivity index (χ1n) is 4.71. The van der Waals surface area contributed by atoms with Crippen LogP contribution >= 0.6 is 0 Å². The second-order valence-corrected chi connectivity index (χ2v) is 3.57. The number of methoxy groups -OCH3 is 2. The average molecular weight is 214 g/mol. The van der Waals surface area contributed by atoms with Gasteiger partial charge in [-0.3, -0.25) is 0 Å². The van der Waals surface area contributed by atoms with E-state index in [0.717, 1.165) is 0 Å². The first kappa shape index (κ1) is 10.2. The van der Waals surface area contributed by atoms with Gasteiger partial charge in [0, 0.05) is 12.0 Å². The predicted octanol–water partition coefficient (Wildman–Crippen LogP) is 2.74. The Morgan fingerprint density at radius 1 is 1.13 bits per heavy atom. The van der Waals surface area contributed by atoms with Crippen LogP contribution < -0.4 is 9.47 Å². The number of halogens is 2. The lowest BCUT2D eigenvalue weighted by atomic mass is 10.1. The third kappa shape index (κ3) is 1.54. The number of hydrogen-bond donors (Lipinski definition) is 0. The van der Waals surface area contributed by atoms with E-state index in [9.17, 15) is 8.78 Å². The van der Waals surface area contributed by atoms with Gasteiger partial charge in [0.1, 0.15) is 0 Å². The van der Waals surface area contributed by atoms with Crippen molar-refractivity contribution in [2.75, 3.05) is 14.2 Å². The Hall–Kier alpha value is -1.32. The van der Waals surface area contributed by atoms with Crippen molar-refractivity contribution in [3.05, 3.63) is 23.3 Å². The van der Waals surface area contributed by atoms with Gasteiger partial charge in [0.15, 0.2) is 11.5 Å². The van der Waals surface area contributed by atoms with Crippen LogP contribution in [0.5, 0.6) is 11.5 Å². The summed E-state index contributed by atoms with van der Waals surface area (Å²) in [6.45, 7) is 0. The van der Waals surface area contributed by atoms with Gasteiger partial charge in [0.05, 0.1) is 14.2 Å². The maximum atomic E-state index is 13.4. The maximum absolute atomic E-state index is 13.4. The van der Waals surface area contributed by atoms with E-state index in [1.807, 2.05) is 0 Å². The fourth-order valence-electron chi connectivity index (χ4n) is 1.89. The molecule has 0 bridgehead atoms. The maximum Gasteiger partial charge on any atom is 0.273 e. The first-order valence-corrected chi connectivity index (χ1v) is 4.71. The minimum atomic E-state index is -2.73. The smallest absolute Gasteiger partial charge is 0.273 e. The molecule has 0 aromatic heterocycles. The fourth-order valence-corrected chi connectivity index (χ4v) is 1.89. The van der Waals surface area contributed by atoms with E-state index in [1.165, 1.54) is 20.3 Å². The van der Waals surface area contributed by atoms with Gasteiger partial charge in [-0.15, -0.1) is 0 Å². The Bertz CT molecular complexity index is 388. The second-order valence-electron chi connectivity index (χ2n) is 3.57. The molecular weight excluding hydrogens is 202 g/mol. The van der Waals surface area contributed by atoms with E-state index in [4.69, 9.17) is 9.47 Å². The second kappa shape index (κ2) is 3.36. The van der Waals surface area contributed by atoms with Crippen LogP contribution in [0, 0.1) is 0 Å². The molecule has 0 saturated carbocycles. The van der Waals surface area contributed by atoms with Crippen LogP contribution in [0.2, 0.25) is 0 Å². The molecular formula is C11H12F2O2. The normalized spacial score (nSPS) is 17.3. The zero-order valence-electron chi connectivity index (χ0n) is 8.64. The van der Waals surface area contributed by atoms with Crippen molar-refractivity contribution in [3.8, 4) is 11.5 Å². The van der Waals surface area contributed by atoms with Gasteiger partial charge in [-0.25, -0.2) is 8.78 Å². The molecule has 0 heterocycles. The topological polar surface area (TPSA) is 18.5 Å². The van der Waals surface area contributed by atoms with Crippen molar-refractivity contribution in [1.29, 1.82) is 0 Å². The molecule has 0 N–H and O–H groups in total. The van der Waals surface area contributed by atoms with Crippen LogP contribution in [0.1, 0.15) is 17.5 Å². The van der Waals surface area contributed by atoms with Gasteiger partial charge in [-0.2, -0.15) is 0 Å². The van der Waals surface area contributed by atoms with Crippen molar-refractivity contribution in [3.63, 3.8) is 0 Å². The molecule has 2 rings (SSSR count). The number of alkyl halides is 2. The van der Waals surface area contributed by atoms with Crippen LogP contribution in [0.3, 0.4) is 0 Å². The van der Waals surface area contributed by atoms with E-state index in [0.29, 0.717) is 23.5 Å². The molecule has 0 amide bonds. The molecule has 15 heavy (non-hydrogen) atoms. The Labute approximate surface area is 86.8 Å². The lowest BCUT2D eigenvalue weighted by molar-refractivity contribution is -0.00201. The van der Waals surface area contributed by atoms with Crippen molar-refractivity contribution >= 4 is 0 Å². The van der Waals surface area contributed by atoms with E-state index >= 15 is 0 Å². The molecule has 1 aromatic carbocycles. The van der Waals surface area contributed by atoms with Crippen molar-refractivity contribution in [1.82, 2.24) is 0 Å². The summed E-state index contributed by atoms with van der Waals surface area (Å²) in [6.07, 6.45) is 0.265. The minimum Gasteiger partial charge on any atom is -0.493 e. The lowest BCUT2D eigenvalue weighted by Crippen LogP contribution is -2.07. The minimum absolute atomic E-state index is 0.0696. The third-order valence-electron chi connectivity index (χ3n) is 2.71. The highest BCUT2D eigenvalue weighted by Gasteiger charge is 2.40. The monoisotopic (exact) mass is 214 g/mol. The predicted molar refractivity (Wildman–Crippen MR) is 51.8 cm³/mol. The number of aryl methyl sites for hydroxylation is 1. The van der Waals surface area contributed by atoms with Crippen LogP contribution in [0.15, 0.2) is 12.1 Å². The summed E-state index contributed by atoms with van der Waals surface area (Å²) in [5, 5.41) is 0. The van der Waals surface area contributed by atoms with E-state index in [-0.39, 0.29) is 12.0 Å². The van der Waals surface area contributed by atoms with Crippen LogP contribution in [0.25, 0.3) is 0 Å². The lowest BCUT2D eigenvalue weighted by Gasteiger charge is -2.13. The Balaban J connectivity index is 2.54. The molecule has 0 saturated heterocycles. The third-order valence-corrected chi connectivity index (χ3v) is 2.71. The zero-order chi connectivity index (χ0) is 11.1. The largest absolute Gasteiger partial charge is 0.493 e. The highest BCUT2D eigenvalue weighted by molar-refractivity contribution is 5.50. The van der Waals surface area contributed by atoms with Crippen molar-refractivity contribution < 1.29 is 18.3 Å². The van der Waals surface area contributed by atoms with E-state index < -0.39 is 5.92 Å². The molecule has 0 atom stereocenters. The van der Waals surface area contributed by atoms with Crippen LogP contribution in [-0.2, 0) is 12.3 Å². The Morgan fingerprint density at radius 3 is 2.33 bits per heavy atom. The molecule has 1 aliphatic rings. The van der Waals surface area contributed by atoms with Crippen LogP contribution in [0.4, 0.5) is 8.78 Å². The number of ether oxygens (including phenoxy) is 2. The van der Waals surface area contributed by atoms with Crippen molar-refractivity contribution in [2.24, 2.45) is 0 Å². The molecule has 0 unspecified atom stereocenters. The SMILES string of the molecule is COc1cc2c(cc1OC)C(F)(F)CC2.